The van der Waals surface area contributed by atoms with E-state index in [9.17, 15) is 14.4 Å². The fourth-order valence-electron chi connectivity index (χ4n) is 3.51. The van der Waals surface area contributed by atoms with Crippen molar-refractivity contribution in [3.63, 3.8) is 0 Å². The molecule has 1 fully saturated rings. The van der Waals surface area contributed by atoms with Crippen molar-refractivity contribution in [3.8, 4) is 11.3 Å². The lowest BCUT2D eigenvalue weighted by Crippen LogP contribution is -2.29. The van der Waals surface area contributed by atoms with Crippen LogP contribution >= 0.6 is 23.1 Å². The van der Waals surface area contributed by atoms with Gasteiger partial charge in [0.15, 0.2) is 11.7 Å². The molecule has 0 radical (unpaired) electrons. The van der Waals surface area contributed by atoms with Crippen LogP contribution < -0.4 is 5.32 Å². The third kappa shape index (κ3) is 6.24. The molecule has 2 heterocycles. The number of carbonyl (C=O) groups excluding carboxylic acids is 3. The summed E-state index contributed by atoms with van der Waals surface area (Å²) < 4.78 is 5.23. The number of rotatable bonds is 8. The van der Waals surface area contributed by atoms with Crippen LogP contribution in [-0.2, 0) is 14.3 Å². The van der Waals surface area contributed by atoms with E-state index in [0.29, 0.717) is 15.6 Å². The van der Waals surface area contributed by atoms with Crippen molar-refractivity contribution < 1.29 is 19.1 Å². The van der Waals surface area contributed by atoms with Crippen molar-refractivity contribution in [2.24, 2.45) is 0 Å². The molecule has 9 heteroatoms. The van der Waals surface area contributed by atoms with Crippen LogP contribution in [0.3, 0.4) is 0 Å². The number of ether oxygens (including phenoxy) is 1. The molecule has 1 N–H and O–H groups in total. The van der Waals surface area contributed by atoms with E-state index >= 15 is 0 Å². The van der Waals surface area contributed by atoms with Crippen LogP contribution in [0.25, 0.3) is 11.3 Å². The molecule has 0 saturated carbocycles. The molecule has 4 rings (SSSR count). The number of amides is 2. The van der Waals surface area contributed by atoms with Gasteiger partial charge in [-0.05, 0) is 31.9 Å². The van der Waals surface area contributed by atoms with Crippen molar-refractivity contribution in [2.45, 2.75) is 24.7 Å². The van der Waals surface area contributed by atoms with Crippen molar-refractivity contribution in [1.29, 1.82) is 0 Å². The van der Waals surface area contributed by atoms with Crippen molar-refractivity contribution >= 4 is 46.0 Å². The average Bonchev–Trinajstić information content (AvgIpc) is 3.54. The largest absolute Gasteiger partial charge is 0.452 e. The summed E-state index contributed by atoms with van der Waals surface area (Å²) in [5.74, 6) is -0.740. The molecule has 0 spiro atoms. The standard InChI is InChI=1S/C25H25N3O4S2/c1-17-8-10-18(11-9-17)20-15-34-25(26-20)27-22(29)14-32-24(31)19-6-2-3-7-21(19)33-16-23(30)28-12-4-5-13-28/h2-3,6-11,15H,4-5,12-14,16H2,1H3,(H,26,27,29). The molecular formula is C25H25N3O4S2. The Morgan fingerprint density at radius 2 is 1.82 bits per heavy atom. The van der Waals surface area contributed by atoms with Gasteiger partial charge in [-0.1, -0.05) is 42.0 Å². The number of anilines is 1. The van der Waals surface area contributed by atoms with E-state index in [1.165, 1.54) is 23.1 Å². The lowest BCUT2D eigenvalue weighted by molar-refractivity contribution is -0.127. The number of nitrogens with one attached hydrogen (secondary N) is 1. The maximum absolute atomic E-state index is 12.6. The monoisotopic (exact) mass is 495 g/mol. The Bertz CT molecular complexity index is 1170. The number of thiazole rings is 1. The number of aryl methyl sites for hydroxylation is 1. The molecule has 3 aromatic rings. The number of aromatic nitrogens is 1. The fourth-order valence-corrected chi connectivity index (χ4v) is 5.19. The molecule has 0 atom stereocenters. The van der Waals surface area contributed by atoms with Crippen LogP contribution in [0.4, 0.5) is 5.13 Å². The van der Waals surface area contributed by atoms with Crippen molar-refractivity contribution in [2.75, 3.05) is 30.8 Å². The van der Waals surface area contributed by atoms with Gasteiger partial charge in [0.25, 0.3) is 5.91 Å². The molecule has 0 bridgehead atoms. The summed E-state index contributed by atoms with van der Waals surface area (Å²) in [4.78, 5) is 44.2. The highest BCUT2D eigenvalue weighted by Gasteiger charge is 2.20. The van der Waals surface area contributed by atoms with Gasteiger partial charge in [0.05, 0.1) is 17.0 Å². The normalized spacial score (nSPS) is 13.0. The zero-order valence-corrected chi connectivity index (χ0v) is 20.4. The molecule has 1 aliphatic heterocycles. The Morgan fingerprint density at radius 3 is 2.59 bits per heavy atom. The van der Waals surface area contributed by atoms with Crippen molar-refractivity contribution in [3.05, 3.63) is 65.0 Å². The molecule has 0 unspecified atom stereocenters. The number of likely N-dealkylation sites (tertiary alicyclic amines) is 1. The van der Waals surface area contributed by atoms with Crippen LogP contribution in [-0.4, -0.2) is 53.1 Å². The quantitative estimate of drug-likeness (QED) is 0.362. The van der Waals surface area contributed by atoms with Crippen LogP contribution in [0.15, 0.2) is 58.8 Å². The van der Waals surface area contributed by atoms with Gasteiger partial charge in [-0.3, -0.25) is 14.9 Å². The summed E-state index contributed by atoms with van der Waals surface area (Å²) in [7, 11) is 0. The van der Waals surface area contributed by atoms with Crippen molar-refractivity contribution in [1.82, 2.24) is 9.88 Å². The first-order valence-electron chi connectivity index (χ1n) is 11.0. The number of hydrogen-bond donors (Lipinski definition) is 1. The van der Waals surface area contributed by atoms with Gasteiger partial charge in [-0.25, -0.2) is 9.78 Å². The molecule has 1 aromatic heterocycles. The molecule has 1 saturated heterocycles. The molecule has 34 heavy (non-hydrogen) atoms. The van der Waals surface area contributed by atoms with E-state index in [4.69, 9.17) is 4.74 Å². The lowest BCUT2D eigenvalue weighted by atomic mass is 10.1. The summed E-state index contributed by atoms with van der Waals surface area (Å²) in [6, 6.07) is 14.9. The number of nitrogens with zero attached hydrogens (tertiary/aromatic N) is 2. The molecule has 2 amide bonds. The Morgan fingerprint density at radius 1 is 1.09 bits per heavy atom. The summed E-state index contributed by atoms with van der Waals surface area (Å²) in [6.07, 6.45) is 2.07. The smallest absolute Gasteiger partial charge is 0.339 e. The van der Waals surface area contributed by atoms with Gasteiger partial charge in [-0.2, -0.15) is 0 Å². The molecular weight excluding hydrogens is 470 g/mol. The van der Waals surface area contributed by atoms with E-state index in [2.05, 4.69) is 10.3 Å². The minimum absolute atomic E-state index is 0.0681. The second kappa shape index (κ2) is 11.3. The predicted molar refractivity (Wildman–Crippen MR) is 134 cm³/mol. The highest BCUT2D eigenvalue weighted by molar-refractivity contribution is 8.00. The molecule has 1 aliphatic rings. The summed E-state index contributed by atoms with van der Waals surface area (Å²) >= 11 is 2.61. The third-order valence-corrected chi connectivity index (χ3v) is 7.17. The maximum atomic E-state index is 12.6. The average molecular weight is 496 g/mol. The summed E-state index contributed by atoms with van der Waals surface area (Å²) in [5, 5.41) is 4.97. The van der Waals surface area contributed by atoms with E-state index in [0.717, 1.165) is 42.8 Å². The summed E-state index contributed by atoms with van der Waals surface area (Å²) in [6.45, 7) is 3.18. The number of benzene rings is 2. The van der Waals surface area contributed by atoms with Crippen LogP contribution in [0.1, 0.15) is 28.8 Å². The first kappa shape index (κ1) is 24.0. The Kier molecular flexibility index (Phi) is 7.97. The lowest BCUT2D eigenvalue weighted by Gasteiger charge is -2.15. The number of thioether (sulfide) groups is 1. The fraction of sp³-hybridized carbons (Fsp3) is 0.280. The molecule has 176 valence electrons. The topological polar surface area (TPSA) is 88.6 Å². The van der Waals surface area contributed by atoms with Gasteiger partial charge in [0.2, 0.25) is 5.91 Å². The van der Waals surface area contributed by atoms with Gasteiger partial charge < -0.3 is 9.64 Å². The molecule has 2 aromatic carbocycles. The minimum atomic E-state index is -0.605. The zero-order valence-electron chi connectivity index (χ0n) is 18.8. The van der Waals surface area contributed by atoms with Gasteiger partial charge in [-0.15, -0.1) is 23.1 Å². The first-order chi connectivity index (χ1) is 16.5. The van der Waals surface area contributed by atoms with Gasteiger partial charge in [0.1, 0.15) is 0 Å². The van der Waals surface area contributed by atoms with Gasteiger partial charge >= 0.3 is 5.97 Å². The Balaban J connectivity index is 1.29. The Labute approximate surface area is 206 Å². The molecule has 0 aliphatic carbocycles. The number of esters is 1. The highest BCUT2D eigenvalue weighted by Crippen LogP contribution is 2.26. The van der Waals surface area contributed by atoms with Gasteiger partial charge in [0, 0.05) is 28.9 Å². The molecule has 7 nitrogen and oxygen atoms in total. The van der Waals surface area contributed by atoms with E-state index in [1.54, 1.807) is 24.3 Å². The van der Waals surface area contributed by atoms with Crippen LogP contribution in [0, 0.1) is 6.92 Å². The SMILES string of the molecule is Cc1ccc(-c2csc(NC(=O)COC(=O)c3ccccc3SCC(=O)N3CCCC3)n2)cc1. The Hall–Kier alpha value is -3.17. The predicted octanol–water partition coefficient (Wildman–Crippen LogP) is 4.63. The number of hydrogen-bond acceptors (Lipinski definition) is 7. The second-order valence-electron chi connectivity index (χ2n) is 7.90. The first-order valence-corrected chi connectivity index (χ1v) is 12.9. The minimum Gasteiger partial charge on any atom is -0.452 e. The van der Waals surface area contributed by atoms with E-state index in [1.807, 2.05) is 41.5 Å². The second-order valence-corrected chi connectivity index (χ2v) is 9.78. The zero-order chi connectivity index (χ0) is 23.9. The number of carbonyl (C=O) groups is 3. The third-order valence-electron chi connectivity index (χ3n) is 5.35. The maximum Gasteiger partial charge on any atom is 0.339 e. The van der Waals surface area contributed by atoms with Crippen LogP contribution in [0.2, 0.25) is 0 Å². The summed E-state index contributed by atoms with van der Waals surface area (Å²) in [5.41, 5.74) is 3.23. The van der Waals surface area contributed by atoms with Crippen LogP contribution in [0.5, 0.6) is 0 Å². The van der Waals surface area contributed by atoms with E-state index in [-0.39, 0.29) is 11.7 Å². The van der Waals surface area contributed by atoms with E-state index < -0.39 is 18.5 Å². The highest BCUT2D eigenvalue weighted by atomic mass is 32.2.